The lowest BCUT2D eigenvalue weighted by Gasteiger charge is -2.34. The van der Waals surface area contributed by atoms with Crippen LogP contribution in [0.3, 0.4) is 0 Å². The van der Waals surface area contributed by atoms with Gasteiger partial charge in [0.05, 0.1) is 29.7 Å². The number of nitrogens with one attached hydrogen (secondary N) is 4. The second-order valence-electron chi connectivity index (χ2n) is 20.1. The number of carbonyl (C=O) groups is 8. The Balaban J connectivity index is 1.45. The number of cyclic esters (lactones) is 1. The molecule has 1 saturated heterocycles. The summed E-state index contributed by atoms with van der Waals surface area (Å²) in [6.07, 6.45) is 2.67. The van der Waals surface area contributed by atoms with Gasteiger partial charge in [-0.2, -0.15) is 0 Å². The van der Waals surface area contributed by atoms with E-state index in [1.54, 1.807) is 52.0 Å². The third-order valence-corrected chi connectivity index (χ3v) is 13.7. The van der Waals surface area contributed by atoms with Crippen LogP contribution in [0.25, 0.3) is 0 Å². The van der Waals surface area contributed by atoms with Crippen molar-refractivity contribution >= 4 is 58.7 Å². The number of Topliss-reactive ketones (excluding diaryl/α,β-unsaturated/α-hetero) is 2. The maximum atomic E-state index is 14.0. The molecule has 1 unspecified atom stereocenters. The van der Waals surface area contributed by atoms with Crippen LogP contribution in [0.2, 0.25) is 5.02 Å². The van der Waals surface area contributed by atoms with Crippen molar-refractivity contribution in [2.45, 2.75) is 163 Å². The number of methoxy groups -OCH3 is 1. The Labute approximate surface area is 417 Å². The van der Waals surface area contributed by atoms with E-state index in [-0.39, 0.29) is 92.4 Å². The van der Waals surface area contributed by atoms with Crippen molar-refractivity contribution in [1.29, 1.82) is 0 Å². The molecular formula is C53H73ClN4O12. The number of benzene rings is 2. The van der Waals surface area contributed by atoms with E-state index in [2.05, 4.69) is 21.3 Å². The number of halogens is 1. The number of amides is 4. The maximum Gasteiger partial charge on any atom is 0.328 e. The molecule has 0 bridgehead atoms. The Bertz CT molecular complexity index is 2230. The summed E-state index contributed by atoms with van der Waals surface area (Å²) < 4.78 is 17.7. The molecule has 0 saturated carbocycles. The van der Waals surface area contributed by atoms with Crippen LogP contribution in [-0.2, 0) is 60.7 Å². The quantitative estimate of drug-likeness (QED) is 0.0659. The smallest absolute Gasteiger partial charge is 0.328 e. The first-order valence-electron chi connectivity index (χ1n) is 24.3. The van der Waals surface area contributed by atoms with Crippen LogP contribution in [0.15, 0.2) is 54.6 Å². The molecule has 0 aromatic heterocycles. The molecule has 2 aromatic carbocycles. The summed E-state index contributed by atoms with van der Waals surface area (Å²) in [5, 5.41) is 20.6. The summed E-state index contributed by atoms with van der Waals surface area (Å²) >= 11 is 6.39. The first-order valence-corrected chi connectivity index (χ1v) is 24.7. The highest BCUT2D eigenvalue weighted by molar-refractivity contribution is 6.32. The number of carboxylic acid groups (broad SMARTS) is 1. The summed E-state index contributed by atoms with van der Waals surface area (Å²) in [5.41, 5.74) is 1.24. The third-order valence-electron chi connectivity index (χ3n) is 13.4. The van der Waals surface area contributed by atoms with Gasteiger partial charge in [0.15, 0.2) is 5.78 Å². The van der Waals surface area contributed by atoms with E-state index in [9.17, 15) is 38.4 Å². The minimum Gasteiger partial charge on any atom is -0.495 e. The number of hydrogen-bond donors (Lipinski definition) is 5. The van der Waals surface area contributed by atoms with E-state index in [4.69, 9.17) is 30.9 Å². The molecule has 5 N–H and O–H groups in total. The van der Waals surface area contributed by atoms with E-state index in [1.807, 2.05) is 58.9 Å². The monoisotopic (exact) mass is 992 g/mol. The highest BCUT2D eigenvalue weighted by atomic mass is 35.5. The van der Waals surface area contributed by atoms with Gasteiger partial charge >= 0.3 is 11.9 Å². The molecule has 70 heavy (non-hydrogen) atoms. The van der Waals surface area contributed by atoms with E-state index in [0.29, 0.717) is 29.2 Å². The van der Waals surface area contributed by atoms with Crippen LogP contribution < -0.4 is 26.0 Å². The minimum atomic E-state index is -1.20. The number of carboxylic acids is 1. The molecule has 2 aliphatic heterocycles. The molecule has 17 heteroatoms. The summed E-state index contributed by atoms with van der Waals surface area (Å²) in [7, 11) is 1.49. The van der Waals surface area contributed by atoms with E-state index >= 15 is 0 Å². The Hall–Kier alpha value is -5.61. The Morgan fingerprint density at radius 3 is 2.19 bits per heavy atom. The van der Waals surface area contributed by atoms with Gasteiger partial charge in [0, 0.05) is 56.4 Å². The lowest BCUT2D eigenvalue weighted by Crippen LogP contribution is -2.58. The molecule has 2 aliphatic rings. The lowest BCUT2D eigenvalue weighted by atomic mass is 9.83. The van der Waals surface area contributed by atoms with E-state index < -0.39 is 71.3 Å². The van der Waals surface area contributed by atoms with Crippen molar-refractivity contribution in [3.8, 4) is 5.75 Å². The number of epoxide rings is 1. The van der Waals surface area contributed by atoms with Gasteiger partial charge in [-0.3, -0.25) is 33.6 Å². The molecule has 4 amide bonds. The van der Waals surface area contributed by atoms with E-state index in [1.165, 1.54) is 13.2 Å². The predicted octanol–water partition coefficient (Wildman–Crippen LogP) is 6.58. The molecule has 0 radical (unpaired) electrons. The largest absolute Gasteiger partial charge is 0.495 e. The van der Waals surface area contributed by atoms with Crippen molar-refractivity contribution in [2.75, 3.05) is 7.11 Å². The molecule has 1 fully saturated rings. The number of ether oxygens (including phenoxy) is 3. The van der Waals surface area contributed by atoms with Crippen LogP contribution in [0.4, 0.5) is 0 Å². The molecule has 384 valence electrons. The molecule has 4 rings (SSSR count). The van der Waals surface area contributed by atoms with Crippen molar-refractivity contribution in [1.82, 2.24) is 21.3 Å². The summed E-state index contributed by atoms with van der Waals surface area (Å²) in [6.45, 7) is 16.1. The zero-order chi connectivity index (χ0) is 52.0. The zero-order valence-electron chi connectivity index (χ0n) is 42.2. The van der Waals surface area contributed by atoms with Crippen LogP contribution in [0.1, 0.15) is 130 Å². The summed E-state index contributed by atoms with van der Waals surface area (Å²) in [5.74, 6) is -4.58. The number of aliphatic carboxylic acids is 1. The normalized spacial score (nSPS) is 23.7. The summed E-state index contributed by atoms with van der Waals surface area (Å²) in [6, 6.07) is 9.20. The van der Waals surface area contributed by atoms with Crippen molar-refractivity contribution in [3.63, 3.8) is 0 Å². The third kappa shape index (κ3) is 16.8. The van der Waals surface area contributed by atoms with Gasteiger partial charge in [-0.15, -0.1) is 0 Å². The standard InChI is InChI=1S/C53H73ClN4O12/c1-29(2)25-41-51(66)69-43(14-12-15-45(61)57-40(27-35-20-24-44(68-10)39(54)26-35)50(65)56-33(7)53(8,9)52(67)58-41)31(5)47-48(70-47)36-21-17-34(18-22-36)19-23-42(60)32(6)55-49(64)38(30(3)4)28-37(59)13-11-16-46(62)63/h12,15,17-18,20-22,24,26,29-33,38,40-41,43,47-48H,11,13-14,16,19,23,25,27-28H2,1-10H3,(H,55,64)(H,56,65)(H,57,61)(H,58,67)(H,62,63)/b15-12+/t31-,32-,33?,38-,40+,41-,43-,47+,48+/m0/s1. The van der Waals surface area contributed by atoms with Gasteiger partial charge < -0.3 is 40.6 Å². The highest BCUT2D eigenvalue weighted by Gasteiger charge is 2.48. The number of carbonyl (C=O) groups excluding carboxylic acids is 7. The first-order chi connectivity index (χ1) is 32.9. The lowest BCUT2D eigenvalue weighted by molar-refractivity contribution is -0.157. The molecule has 2 aromatic rings. The van der Waals surface area contributed by atoms with Gasteiger partial charge in [-0.25, -0.2) is 4.79 Å². The average molecular weight is 994 g/mol. The molecule has 0 aliphatic carbocycles. The zero-order valence-corrected chi connectivity index (χ0v) is 43.0. The fourth-order valence-electron chi connectivity index (χ4n) is 8.31. The SMILES string of the molecule is COc1ccc(C[C@H]2NC(=O)/C=C/C[C@@H]([C@H](C)[C@H]3O[C@@H]3c3ccc(CCC(=O)[C@H](C)NC(=O)[C@@H](CC(=O)CCCC(=O)O)C(C)C)cc3)OC(=O)[C@H](CC(C)C)NC(=O)C(C)(C)C(C)NC2=O)cc1Cl. The van der Waals surface area contributed by atoms with Crippen LogP contribution in [0, 0.1) is 29.1 Å². The van der Waals surface area contributed by atoms with Crippen LogP contribution >= 0.6 is 11.6 Å². The number of rotatable bonds is 21. The molecular weight excluding hydrogens is 920 g/mol. The number of hydrogen-bond acceptors (Lipinski definition) is 11. The molecule has 2 heterocycles. The van der Waals surface area contributed by atoms with Crippen molar-refractivity contribution in [2.24, 2.45) is 29.1 Å². The summed E-state index contributed by atoms with van der Waals surface area (Å²) in [4.78, 5) is 105. The first kappa shape index (κ1) is 57.0. The fraction of sp³-hybridized carbons (Fsp3) is 0.585. The second kappa shape index (κ2) is 26.0. The number of aryl methyl sites for hydroxylation is 1. The van der Waals surface area contributed by atoms with Gasteiger partial charge in [0.1, 0.15) is 35.8 Å². The fourth-order valence-corrected chi connectivity index (χ4v) is 8.59. The van der Waals surface area contributed by atoms with Crippen molar-refractivity contribution < 1.29 is 57.7 Å². The Morgan fingerprint density at radius 1 is 0.900 bits per heavy atom. The van der Waals surface area contributed by atoms with Gasteiger partial charge in [0.25, 0.3) is 0 Å². The molecule has 0 spiro atoms. The van der Waals surface area contributed by atoms with Gasteiger partial charge in [-0.05, 0) is 93.7 Å². The Kier molecular flexibility index (Phi) is 21.2. The van der Waals surface area contributed by atoms with Crippen molar-refractivity contribution in [3.05, 3.63) is 76.3 Å². The van der Waals surface area contributed by atoms with Crippen LogP contribution in [-0.4, -0.2) is 95.7 Å². The number of esters is 1. The second-order valence-corrected chi connectivity index (χ2v) is 20.5. The van der Waals surface area contributed by atoms with Crippen LogP contribution in [0.5, 0.6) is 5.75 Å². The van der Waals surface area contributed by atoms with Gasteiger partial charge in [0.2, 0.25) is 23.6 Å². The Morgan fingerprint density at radius 2 is 1.57 bits per heavy atom. The molecule has 9 atom stereocenters. The van der Waals surface area contributed by atoms with Gasteiger partial charge in [-0.1, -0.05) is 82.6 Å². The predicted molar refractivity (Wildman–Crippen MR) is 264 cm³/mol. The minimum absolute atomic E-state index is 0.00698. The maximum absolute atomic E-state index is 14.0. The topological polar surface area (TPSA) is 236 Å². The van der Waals surface area contributed by atoms with E-state index in [0.717, 1.165) is 11.1 Å². The molecule has 16 nitrogen and oxygen atoms in total. The highest BCUT2D eigenvalue weighted by Crippen LogP contribution is 2.45. The number of ketones is 2. The average Bonchev–Trinajstić information content (AvgIpc) is 4.09.